The number of hydrogen-bond donors (Lipinski definition) is 4. The first-order chi connectivity index (χ1) is 9.51. The van der Waals surface area contributed by atoms with Gasteiger partial charge in [-0.15, -0.1) is 0 Å². The Morgan fingerprint density at radius 1 is 1.40 bits per heavy atom. The van der Waals surface area contributed by atoms with E-state index in [0.717, 1.165) is 5.56 Å². The van der Waals surface area contributed by atoms with Gasteiger partial charge in [-0.1, -0.05) is 0 Å². The van der Waals surface area contributed by atoms with Gasteiger partial charge < -0.3 is 21.1 Å². The Labute approximate surface area is 117 Å². The second kappa shape index (κ2) is 6.02. The van der Waals surface area contributed by atoms with Crippen molar-refractivity contribution < 1.29 is 14.7 Å². The van der Waals surface area contributed by atoms with Crippen molar-refractivity contribution in [1.29, 1.82) is 0 Å². The number of carbonyl (C=O) groups excluding carboxylic acids is 2. The van der Waals surface area contributed by atoms with Gasteiger partial charge in [-0.2, -0.15) is 0 Å². The number of nitrogens with one attached hydrogen (secondary N) is 3. The minimum absolute atomic E-state index is 0.161. The fourth-order valence-corrected chi connectivity index (χ4v) is 2.23. The van der Waals surface area contributed by atoms with Crippen LogP contribution in [0.2, 0.25) is 0 Å². The van der Waals surface area contributed by atoms with Gasteiger partial charge in [0.1, 0.15) is 0 Å². The molecule has 0 aromatic heterocycles. The number of rotatable bonds is 3. The van der Waals surface area contributed by atoms with Gasteiger partial charge in [-0.3, -0.25) is 9.59 Å². The molecule has 0 spiro atoms. The monoisotopic (exact) mass is 277 g/mol. The van der Waals surface area contributed by atoms with Crippen molar-refractivity contribution in [3.63, 3.8) is 0 Å². The fourth-order valence-electron chi connectivity index (χ4n) is 2.23. The van der Waals surface area contributed by atoms with Crippen LogP contribution in [0.15, 0.2) is 18.2 Å². The molecular formula is C14H19N3O3. The quantitative estimate of drug-likeness (QED) is 0.627. The van der Waals surface area contributed by atoms with E-state index in [4.69, 9.17) is 0 Å². The Kier molecular flexibility index (Phi) is 4.36. The van der Waals surface area contributed by atoms with Gasteiger partial charge in [0.15, 0.2) is 0 Å². The van der Waals surface area contributed by atoms with Gasteiger partial charge in [0.25, 0.3) is 5.91 Å². The summed E-state index contributed by atoms with van der Waals surface area (Å²) in [6.07, 6.45) is -0.0521. The lowest BCUT2D eigenvalue weighted by atomic mass is 10.1. The molecule has 2 rings (SSSR count). The van der Waals surface area contributed by atoms with E-state index in [1.165, 1.54) is 0 Å². The van der Waals surface area contributed by atoms with E-state index < -0.39 is 6.10 Å². The summed E-state index contributed by atoms with van der Waals surface area (Å²) in [4.78, 5) is 23.5. The largest absolute Gasteiger partial charge is 0.392 e. The van der Waals surface area contributed by atoms with E-state index in [1.54, 1.807) is 25.2 Å². The van der Waals surface area contributed by atoms with Crippen LogP contribution in [-0.2, 0) is 4.79 Å². The molecule has 1 aliphatic heterocycles. The lowest BCUT2D eigenvalue weighted by Gasteiger charge is -2.13. The topological polar surface area (TPSA) is 90.5 Å². The molecule has 0 saturated carbocycles. The highest BCUT2D eigenvalue weighted by atomic mass is 16.3. The third-order valence-corrected chi connectivity index (χ3v) is 3.40. The van der Waals surface area contributed by atoms with Gasteiger partial charge in [0.2, 0.25) is 5.91 Å². The normalized spacial score (nSPS) is 21.6. The lowest BCUT2D eigenvalue weighted by molar-refractivity contribution is -0.117. The lowest BCUT2D eigenvalue weighted by Crippen LogP contribution is -2.35. The average Bonchev–Trinajstić information content (AvgIpc) is 2.86. The van der Waals surface area contributed by atoms with Crippen molar-refractivity contribution in [3.05, 3.63) is 29.3 Å². The maximum absolute atomic E-state index is 12.0. The van der Waals surface area contributed by atoms with Crippen molar-refractivity contribution in [1.82, 2.24) is 10.6 Å². The van der Waals surface area contributed by atoms with Crippen LogP contribution in [0.1, 0.15) is 22.3 Å². The first-order valence-electron chi connectivity index (χ1n) is 6.56. The molecule has 0 aliphatic carbocycles. The molecule has 2 atom stereocenters. The summed E-state index contributed by atoms with van der Waals surface area (Å²) < 4.78 is 0. The van der Waals surface area contributed by atoms with Crippen molar-refractivity contribution >= 4 is 17.5 Å². The Morgan fingerprint density at radius 2 is 2.15 bits per heavy atom. The summed E-state index contributed by atoms with van der Waals surface area (Å²) in [6.45, 7) is 2.27. The molecule has 0 radical (unpaired) electrons. The molecule has 2 amide bonds. The predicted molar refractivity (Wildman–Crippen MR) is 75.6 cm³/mol. The Balaban J connectivity index is 2.06. The Morgan fingerprint density at radius 3 is 2.70 bits per heavy atom. The zero-order valence-corrected chi connectivity index (χ0v) is 11.6. The van der Waals surface area contributed by atoms with Crippen molar-refractivity contribution in [3.8, 4) is 0 Å². The van der Waals surface area contributed by atoms with E-state index in [1.807, 2.05) is 6.92 Å². The highest BCUT2D eigenvalue weighted by molar-refractivity contribution is 5.98. The third-order valence-electron chi connectivity index (χ3n) is 3.40. The molecule has 6 heteroatoms. The molecule has 0 bridgehead atoms. The number of anilines is 1. The number of carbonyl (C=O) groups is 2. The Bertz CT molecular complexity index is 530. The third kappa shape index (κ3) is 3.15. The van der Waals surface area contributed by atoms with Gasteiger partial charge >= 0.3 is 0 Å². The predicted octanol–water partition coefficient (Wildman–Crippen LogP) is 0.0159. The van der Waals surface area contributed by atoms with Crippen molar-refractivity contribution in [2.45, 2.75) is 25.5 Å². The van der Waals surface area contributed by atoms with Gasteiger partial charge in [0.05, 0.1) is 12.1 Å². The molecule has 1 heterocycles. The maximum atomic E-state index is 12.0. The smallest absolute Gasteiger partial charge is 0.251 e. The van der Waals surface area contributed by atoms with Crippen LogP contribution in [0.3, 0.4) is 0 Å². The summed E-state index contributed by atoms with van der Waals surface area (Å²) >= 11 is 0. The zero-order chi connectivity index (χ0) is 14.7. The summed E-state index contributed by atoms with van der Waals surface area (Å²) in [5.41, 5.74) is 2.04. The number of aliphatic hydroxyl groups excluding tert-OH is 1. The summed E-state index contributed by atoms with van der Waals surface area (Å²) in [7, 11) is 1.57. The van der Waals surface area contributed by atoms with Gasteiger partial charge in [0, 0.05) is 24.8 Å². The summed E-state index contributed by atoms with van der Waals surface area (Å²) in [6, 6.07) is 4.73. The van der Waals surface area contributed by atoms with Crippen LogP contribution in [0.4, 0.5) is 5.69 Å². The fraction of sp³-hybridized carbons (Fsp3) is 0.429. The highest BCUT2D eigenvalue weighted by Gasteiger charge is 2.28. The van der Waals surface area contributed by atoms with E-state index in [-0.39, 0.29) is 17.9 Å². The van der Waals surface area contributed by atoms with Crippen LogP contribution in [0, 0.1) is 6.92 Å². The van der Waals surface area contributed by atoms with Crippen LogP contribution in [-0.4, -0.2) is 42.7 Å². The van der Waals surface area contributed by atoms with Crippen LogP contribution >= 0.6 is 0 Å². The minimum atomic E-state index is -0.470. The molecule has 4 N–H and O–H groups in total. The number of β-amino-alcohol motifs (C(OH)–C–C–N with tert-alkyl or cyclic N) is 1. The van der Waals surface area contributed by atoms with Gasteiger partial charge in [-0.25, -0.2) is 0 Å². The number of aryl methyl sites for hydroxylation is 1. The first kappa shape index (κ1) is 14.5. The van der Waals surface area contributed by atoms with Crippen LogP contribution < -0.4 is 16.0 Å². The SMILES string of the molecule is CNC(=O)c1ccc(NC(=O)C2CC(O)CN2)c(C)c1. The molecule has 1 fully saturated rings. The molecular weight excluding hydrogens is 258 g/mol. The molecule has 1 saturated heterocycles. The molecule has 20 heavy (non-hydrogen) atoms. The minimum Gasteiger partial charge on any atom is -0.392 e. The standard InChI is InChI=1S/C14H19N3O3/c1-8-5-9(13(19)15-2)3-4-11(8)17-14(20)12-6-10(18)7-16-12/h3-5,10,12,16,18H,6-7H2,1-2H3,(H,15,19)(H,17,20). The van der Waals surface area contributed by atoms with E-state index in [9.17, 15) is 14.7 Å². The summed E-state index contributed by atoms with van der Waals surface area (Å²) in [5, 5.41) is 17.7. The maximum Gasteiger partial charge on any atom is 0.251 e. The average molecular weight is 277 g/mol. The van der Waals surface area contributed by atoms with E-state index >= 15 is 0 Å². The molecule has 6 nitrogen and oxygen atoms in total. The number of aliphatic hydroxyl groups is 1. The highest BCUT2D eigenvalue weighted by Crippen LogP contribution is 2.18. The molecule has 1 aromatic rings. The number of hydrogen-bond acceptors (Lipinski definition) is 4. The van der Waals surface area contributed by atoms with Crippen molar-refractivity contribution in [2.24, 2.45) is 0 Å². The second-order valence-electron chi connectivity index (χ2n) is 4.95. The molecule has 1 aliphatic rings. The molecule has 108 valence electrons. The number of amides is 2. The zero-order valence-electron chi connectivity index (χ0n) is 11.6. The second-order valence-corrected chi connectivity index (χ2v) is 4.95. The van der Waals surface area contributed by atoms with Gasteiger partial charge in [-0.05, 0) is 37.1 Å². The molecule has 1 aromatic carbocycles. The Hall–Kier alpha value is -1.92. The van der Waals surface area contributed by atoms with E-state index in [0.29, 0.717) is 24.2 Å². The number of benzene rings is 1. The summed E-state index contributed by atoms with van der Waals surface area (Å²) in [5.74, 6) is -0.330. The van der Waals surface area contributed by atoms with E-state index in [2.05, 4.69) is 16.0 Å². The first-order valence-corrected chi connectivity index (χ1v) is 6.56. The molecule has 2 unspecified atom stereocenters. The van der Waals surface area contributed by atoms with Crippen LogP contribution in [0.25, 0.3) is 0 Å². The van der Waals surface area contributed by atoms with Crippen LogP contribution in [0.5, 0.6) is 0 Å². The van der Waals surface area contributed by atoms with Crippen molar-refractivity contribution in [2.75, 3.05) is 18.9 Å².